The second kappa shape index (κ2) is 572. The Balaban J connectivity index is -0.00000000536. The molecule has 0 atom stereocenters. The molecule has 0 aliphatic carbocycles. The average molecular weight is 190 g/mol. The van der Waals surface area contributed by atoms with Gasteiger partial charge in [0.25, 0.3) is 0 Å². The summed E-state index contributed by atoms with van der Waals surface area (Å²) in [7, 11) is 2.00. The maximum Gasteiger partial charge on any atom is 0.116 e. The predicted octanol–water partition coefficient (Wildman–Crippen LogP) is -2.43. The van der Waals surface area contributed by atoms with Crippen molar-refractivity contribution in [1.29, 1.82) is 0 Å². The summed E-state index contributed by atoms with van der Waals surface area (Å²) in [6.45, 7) is 2.68. The number of hydrogen-bond donors (Lipinski definition) is 2. The molecular formula is C4H14O5Ti. The molecule has 0 saturated carbocycles. The van der Waals surface area contributed by atoms with Gasteiger partial charge in [0.05, 0.1) is 0 Å². The third-order valence-corrected chi connectivity index (χ3v) is 0. The summed E-state index contributed by atoms with van der Waals surface area (Å²) >= 11 is 0. The number of aliphatic hydroxyl groups excluding tert-OH is 2. The molecule has 0 spiro atoms. The van der Waals surface area contributed by atoms with Gasteiger partial charge in [-0.25, -0.2) is 4.79 Å². The van der Waals surface area contributed by atoms with Crippen molar-refractivity contribution in [3.8, 4) is 0 Å². The summed E-state index contributed by atoms with van der Waals surface area (Å²) < 4.78 is 0. The molecule has 0 aliphatic rings. The molecule has 6 N–H and O–H groups in total. The Morgan fingerprint density at radius 2 is 1.10 bits per heavy atom. The van der Waals surface area contributed by atoms with Gasteiger partial charge in [0, 0.05) is 35.9 Å². The normalized spacial score (nSPS) is 2.00. The molecule has 0 bridgehead atoms. The fraction of sp³-hybridized carbons (Fsp3) is 0.500. The van der Waals surface area contributed by atoms with Gasteiger partial charge < -0.3 is 21.2 Å². The van der Waals surface area contributed by atoms with Crippen molar-refractivity contribution >= 4 is 5.94 Å². The fourth-order valence-corrected chi connectivity index (χ4v) is 0. The maximum atomic E-state index is 8.57. The monoisotopic (exact) mass is 190 g/mol. The summed E-state index contributed by atoms with van der Waals surface area (Å²) in [5.74, 6) is 1.25. The first-order valence-corrected chi connectivity index (χ1v) is 1.45. The smallest absolute Gasteiger partial charge is 0.116 e. The van der Waals surface area contributed by atoms with Crippen molar-refractivity contribution in [3.63, 3.8) is 0 Å². The molecule has 6 heteroatoms. The van der Waals surface area contributed by atoms with E-state index in [0.717, 1.165) is 14.2 Å². The molecule has 0 heterocycles. The van der Waals surface area contributed by atoms with E-state index in [1.807, 2.05) is 0 Å². The van der Waals surface area contributed by atoms with Crippen molar-refractivity contribution < 1.29 is 47.7 Å². The largest absolute Gasteiger partial charge is 0.412 e. The summed E-state index contributed by atoms with van der Waals surface area (Å²) in [5, 5.41) is 14.0. The third-order valence-electron chi connectivity index (χ3n) is 0. The molecule has 64 valence electrons. The Bertz CT molecular complexity index is 34.6. The number of carbonyl (C=O) groups excluding carboxylic acids is 1. The Labute approximate surface area is 74.9 Å². The van der Waals surface area contributed by atoms with Crippen LogP contribution in [0.15, 0.2) is 6.58 Å². The van der Waals surface area contributed by atoms with Crippen LogP contribution < -0.4 is 0 Å². The molecule has 0 radical (unpaired) electrons. The molecule has 0 aromatic rings. The summed E-state index contributed by atoms with van der Waals surface area (Å²) in [6.07, 6.45) is 0. The van der Waals surface area contributed by atoms with Gasteiger partial charge in [-0.3, -0.25) is 0 Å². The van der Waals surface area contributed by atoms with Crippen LogP contribution in [-0.2, 0) is 26.5 Å². The first-order valence-electron chi connectivity index (χ1n) is 1.45. The summed E-state index contributed by atoms with van der Waals surface area (Å²) in [6, 6.07) is 0. The van der Waals surface area contributed by atoms with Crippen LogP contribution in [0.25, 0.3) is 0 Å². The SMILES string of the molecule is C=C=O.CO.CO.O.O.[Ti]. The zero-order chi connectivity index (χ0) is 6.71. The Morgan fingerprint density at radius 3 is 1.10 bits per heavy atom. The van der Waals surface area contributed by atoms with E-state index in [9.17, 15) is 0 Å². The van der Waals surface area contributed by atoms with Crippen molar-refractivity contribution in [1.82, 2.24) is 0 Å². The zero-order valence-corrected chi connectivity index (χ0v) is 7.57. The Morgan fingerprint density at radius 1 is 1.10 bits per heavy atom. The van der Waals surface area contributed by atoms with Gasteiger partial charge in [-0.1, -0.05) is 0 Å². The van der Waals surface area contributed by atoms with Gasteiger partial charge >= 0.3 is 0 Å². The topological polar surface area (TPSA) is 121 Å². The predicted molar refractivity (Wildman–Crippen MR) is 34.8 cm³/mol. The van der Waals surface area contributed by atoms with E-state index < -0.39 is 0 Å². The van der Waals surface area contributed by atoms with Crippen LogP contribution in [0.1, 0.15) is 0 Å². The van der Waals surface area contributed by atoms with E-state index in [1.165, 1.54) is 5.94 Å². The van der Waals surface area contributed by atoms with E-state index in [4.69, 9.17) is 15.0 Å². The van der Waals surface area contributed by atoms with Crippen LogP contribution in [0, 0.1) is 0 Å². The number of aliphatic hydroxyl groups is 2. The van der Waals surface area contributed by atoms with E-state index in [0.29, 0.717) is 0 Å². The molecule has 0 unspecified atom stereocenters. The average Bonchev–Trinajstić information content (AvgIpc) is 1.78. The van der Waals surface area contributed by atoms with Gasteiger partial charge in [0.2, 0.25) is 0 Å². The Hall–Kier alpha value is 0.00429. The number of hydrogen-bond acceptors (Lipinski definition) is 3. The Kier molecular flexibility index (Phi) is 2890. The van der Waals surface area contributed by atoms with Crippen molar-refractivity contribution in [2.45, 2.75) is 0 Å². The minimum absolute atomic E-state index is 0. The minimum atomic E-state index is 0. The molecule has 0 saturated heterocycles. The van der Waals surface area contributed by atoms with Crippen LogP contribution >= 0.6 is 0 Å². The second-order valence-electron chi connectivity index (χ2n) is 0.144. The van der Waals surface area contributed by atoms with Crippen molar-refractivity contribution in [2.75, 3.05) is 14.2 Å². The van der Waals surface area contributed by atoms with Gasteiger partial charge in [0.1, 0.15) is 5.94 Å². The molecule has 0 fully saturated rings. The molecule has 0 aromatic carbocycles. The van der Waals surface area contributed by atoms with Gasteiger partial charge in [0.15, 0.2) is 0 Å². The van der Waals surface area contributed by atoms with E-state index in [-0.39, 0.29) is 32.7 Å². The minimum Gasteiger partial charge on any atom is -0.412 e. The molecule has 0 aliphatic heterocycles. The summed E-state index contributed by atoms with van der Waals surface area (Å²) in [5.41, 5.74) is 0. The third kappa shape index (κ3) is 21400000. The van der Waals surface area contributed by atoms with E-state index in [1.54, 1.807) is 0 Å². The van der Waals surface area contributed by atoms with Crippen LogP contribution in [0.3, 0.4) is 0 Å². The molecule has 0 rings (SSSR count). The molecular weight excluding hydrogens is 176 g/mol. The second-order valence-corrected chi connectivity index (χ2v) is 0.144. The fourth-order valence-electron chi connectivity index (χ4n) is 0. The first-order chi connectivity index (χ1) is 3.41. The number of rotatable bonds is 0. The molecule has 0 aromatic heterocycles. The molecule has 10 heavy (non-hydrogen) atoms. The molecule has 0 amide bonds. The maximum absolute atomic E-state index is 8.57. The quantitative estimate of drug-likeness (QED) is 0.326. The van der Waals surface area contributed by atoms with Crippen molar-refractivity contribution in [2.24, 2.45) is 0 Å². The summed E-state index contributed by atoms with van der Waals surface area (Å²) in [4.78, 5) is 8.57. The van der Waals surface area contributed by atoms with E-state index in [2.05, 4.69) is 6.58 Å². The van der Waals surface area contributed by atoms with Crippen LogP contribution in [0.5, 0.6) is 0 Å². The first kappa shape index (κ1) is 50.6. The van der Waals surface area contributed by atoms with Crippen LogP contribution in [-0.4, -0.2) is 41.3 Å². The van der Waals surface area contributed by atoms with Gasteiger partial charge in [-0.15, -0.1) is 0 Å². The van der Waals surface area contributed by atoms with E-state index >= 15 is 0 Å². The standard InChI is InChI=1S/C2H2O.2CH4O.2H2O.Ti/c1-2-3;2*1-2;;;/h1H2;2*2H,1H3;2*1H2;. The van der Waals surface area contributed by atoms with Crippen LogP contribution in [0.4, 0.5) is 0 Å². The van der Waals surface area contributed by atoms with Crippen molar-refractivity contribution in [3.05, 3.63) is 6.58 Å². The zero-order valence-electron chi connectivity index (χ0n) is 6.01. The van der Waals surface area contributed by atoms with Gasteiger partial charge in [-0.2, -0.15) is 0 Å². The van der Waals surface area contributed by atoms with Gasteiger partial charge in [-0.05, 0) is 6.58 Å². The molecule has 5 nitrogen and oxygen atoms in total. The van der Waals surface area contributed by atoms with Crippen LogP contribution in [0.2, 0.25) is 0 Å².